The summed E-state index contributed by atoms with van der Waals surface area (Å²) in [5.41, 5.74) is 1.48. The SMILES string of the molecule is CCCNC(=O)c1ccc(S(=O)(=O)N(C)CCc2ccncc2)cc1. The van der Waals surface area contributed by atoms with Crippen LogP contribution < -0.4 is 5.32 Å². The van der Waals surface area contributed by atoms with Gasteiger partial charge >= 0.3 is 0 Å². The molecule has 0 aliphatic carbocycles. The average Bonchev–Trinajstić information content (AvgIpc) is 2.65. The Hall–Kier alpha value is -2.25. The fraction of sp³-hybridized carbons (Fsp3) is 0.333. The van der Waals surface area contributed by atoms with E-state index in [0.717, 1.165) is 12.0 Å². The first-order valence-electron chi connectivity index (χ1n) is 8.18. The molecule has 2 aromatic rings. The van der Waals surface area contributed by atoms with Crippen molar-refractivity contribution in [1.29, 1.82) is 0 Å². The van der Waals surface area contributed by atoms with E-state index in [9.17, 15) is 13.2 Å². The van der Waals surface area contributed by atoms with Crippen LogP contribution in [0.25, 0.3) is 0 Å². The zero-order chi connectivity index (χ0) is 18.3. The summed E-state index contributed by atoms with van der Waals surface area (Å²) in [7, 11) is -2.03. The Bertz CT molecular complexity index is 790. The first-order chi connectivity index (χ1) is 11.9. The molecule has 0 spiro atoms. The lowest BCUT2D eigenvalue weighted by Gasteiger charge is -2.17. The first kappa shape index (κ1) is 19.1. The topological polar surface area (TPSA) is 79.4 Å². The zero-order valence-corrected chi connectivity index (χ0v) is 15.3. The highest BCUT2D eigenvalue weighted by molar-refractivity contribution is 7.89. The third kappa shape index (κ3) is 5.11. The Balaban J connectivity index is 2.04. The van der Waals surface area contributed by atoms with Gasteiger partial charge < -0.3 is 5.32 Å². The minimum absolute atomic E-state index is 0.178. The van der Waals surface area contributed by atoms with Gasteiger partial charge in [-0.25, -0.2) is 12.7 Å². The van der Waals surface area contributed by atoms with Crippen molar-refractivity contribution in [2.45, 2.75) is 24.7 Å². The number of hydrogen-bond donors (Lipinski definition) is 1. The number of amides is 1. The fourth-order valence-electron chi connectivity index (χ4n) is 2.25. The van der Waals surface area contributed by atoms with E-state index in [1.165, 1.54) is 28.6 Å². The molecule has 1 heterocycles. The summed E-state index contributed by atoms with van der Waals surface area (Å²) >= 11 is 0. The van der Waals surface area contributed by atoms with Gasteiger partial charge in [0.05, 0.1) is 4.90 Å². The van der Waals surface area contributed by atoms with Crippen molar-refractivity contribution in [2.75, 3.05) is 20.1 Å². The summed E-state index contributed by atoms with van der Waals surface area (Å²) < 4.78 is 26.6. The van der Waals surface area contributed by atoms with E-state index >= 15 is 0 Å². The first-order valence-corrected chi connectivity index (χ1v) is 9.62. The second kappa shape index (κ2) is 8.73. The van der Waals surface area contributed by atoms with E-state index in [1.807, 2.05) is 19.1 Å². The number of aromatic nitrogens is 1. The molecule has 1 aromatic carbocycles. The lowest BCUT2D eigenvalue weighted by Crippen LogP contribution is -2.29. The Kier molecular flexibility index (Phi) is 6.66. The maximum Gasteiger partial charge on any atom is 0.251 e. The third-order valence-corrected chi connectivity index (χ3v) is 5.70. The lowest BCUT2D eigenvalue weighted by atomic mass is 10.2. The Morgan fingerprint density at radius 2 is 1.76 bits per heavy atom. The van der Waals surface area contributed by atoms with Crippen LogP contribution in [0.4, 0.5) is 0 Å². The number of benzene rings is 1. The van der Waals surface area contributed by atoms with Crippen molar-refractivity contribution in [3.63, 3.8) is 0 Å². The molecule has 0 aliphatic heterocycles. The molecule has 0 atom stereocenters. The molecule has 0 fully saturated rings. The molecule has 0 bridgehead atoms. The number of hydrogen-bond acceptors (Lipinski definition) is 4. The number of likely N-dealkylation sites (N-methyl/N-ethyl adjacent to an activating group) is 1. The normalized spacial score (nSPS) is 11.5. The van der Waals surface area contributed by atoms with Crippen LogP contribution in [0.3, 0.4) is 0 Å². The monoisotopic (exact) mass is 361 g/mol. The Labute approximate surface area is 148 Å². The molecular formula is C18H23N3O3S. The molecule has 0 unspecified atom stereocenters. The lowest BCUT2D eigenvalue weighted by molar-refractivity contribution is 0.0953. The highest BCUT2D eigenvalue weighted by atomic mass is 32.2. The van der Waals surface area contributed by atoms with E-state index in [-0.39, 0.29) is 10.8 Å². The van der Waals surface area contributed by atoms with Gasteiger partial charge in [0.25, 0.3) is 5.91 Å². The third-order valence-electron chi connectivity index (χ3n) is 3.82. The molecule has 1 N–H and O–H groups in total. The van der Waals surface area contributed by atoms with Gasteiger partial charge in [0.15, 0.2) is 0 Å². The van der Waals surface area contributed by atoms with Gasteiger partial charge in [-0.05, 0) is 54.8 Å². The van der Waals surface area contributed by atoms with Crippen LogP contribution in [-0.4, -0.2) is 43.8 Å². The van der Waals surface area contributed by atoms with E-state index < -0.39 is 10.0 Å². The van der Waals surface area contributed by atoms with Crippen molar-refractivity contribution in [3.05, 3.63) is 59.9 Å². The van der Waals surface area contributed by atoms with Gasteiger partial charge in [-0.1, -0.05) is 6.92 Å². The Morgan fingerprint density at radius 1 is 1.12 bits per heavy atom. The number of nitrogens with one attached hydrogen (secondary N) is 1. The van der Waals surface area contributed by atoms with Crippen LogP contribution in [0, 0.1) is 0 Å². The molecule has 134 valence electrons. The quantitative estimate of drug-likeness (QED) is 0.781. The molecule has 0 saturated carbocycles. The van der Waals surface area contributed by atoms with E-state index in [2.05, 4.69) is 10.3 Å². The van der Waals surface area contributed by atoms with E-state index in [0.29, 0.717) is 25.1 Å². The van der Waals surface area contributed by atoms with Gasteiger partial charge in [-0.15, -0.1) is 0 Å². The fourth-order valence-corrected chi connectivity index (χ4v) is 3.43. The average molecular weight is 361 g/mol. The number of pyridine rings is 1. The standard InChI is InChI=1S/C18H23N3O3S/c1-3-11-20-18(22)16-4-6-17(7-5-16)25(23,24)21(2)14-10-15-8-12-19-13-9-15/h4-9,12-13H,3,10-11,14H2,1-2H3,(H,20,22). The van der Waals surface area contributed by atoms with Crippen molar-refractivity contribution >= 4 is 15.9 Å². The second-order valence-electron chi connectivity index (χ2n) is 5.71. The summed E-state index contributed by atoms with van der Waals surface area (Å²) in [4.78, 5) is 16.0. The van der Waals surface area contributed by atoms with E-state index in [1.54, 1.807) is 19.4 Å². The summed E-state index contributed by atoms with van der Waals surface area (Å²) in [6, 6.07) is 9.75. The number of rotatable bonds is 8. The molecule has 1 aromatic heterocycles. The highest BCUT2D eigenvalue weighted by Crippen LogP contribution is 2.16. The van der Waals surface area contributed by atoms with E-state index in [4.69, 9.17) is 0 Å². The molecule has 0 saturated heterocycles. The molecular weight excluding hydrogens is 338 g/mol. The number of carbonyl (C=O) groups is 1. The Morgan fingerprint density at radius 3 is 2.36 bits per heavy atom. The maximum absolute atomic E-state index is 12.6. The minimum Gasteiger partial charge on any atom is -0.352 e. The molecule has 25 heavy (non-hydrogen) atoms. The highest BCUT2D eigenvalue weighted by Gasteiger charge is 2.20. The smallest absolute Gasteiger partial charge is 0.251 e. The molecule has 6 nitrogen and oxygen atoms in total. The van der Waals surface area contributed by atoms with Crippen LogP contribution in [0.2, 0.25) is 0 Å². The van der Waals surface area contributed by atoms with Gasteiger partial charge in [0.2, 0.25) is 10.0 Å². The van der Waals surface area contributed by atoms with Crippen molar-refractivity contribution in [3.8, 4) is 0 Å². The minimum atomic E-state index is -3.58. The van der Waals surface area contributed by atoms with Crippen molar-refractivity contribution in [1.82, 2.24) is 14.6 Å². The van der Waals surface area contributed by atoms with Crippen LogP contribution in [-0.2, 0) is 16.4 Å². The summed E-state index contributed by atoms with van der Waals surface area (Å²) in [6.45, 7) is 2.93. The molecule has 2 rings (SSSR count). The molecule has 0 aliphatic rings. The molecule has 7 heteroatoms. The summed E-state index contributed by atoms with van der Waals surface area (Å²) in [6.07, 6.45) is 4.83. The maximum atomic E-state index is 12.6. The number of nitrogens with zero attached hydrogens (tertiary/aromatic N) is 2. The van der Waals surface area contributed by atoms with Crippen LogP contribution in [0.15, 0.2) is 53.7 Å². The predicted molar refractivity (Wildman–Crippen MR) is 96.8 cm³/mol. The van der Waals surface area contributed by atoms with Crippen LogP contribution in [0.5, 0.6) is 0 Å². The van der Waals surface area contributed by atoms with Gasteiger partial charge in [-0.2, -0.15) is 0 Å². The van der Waals surface area contributed by atoms with Crippen molar-refractivity contribution < 1.29 is 13.2 Å². The summed E-state index contributed by atoms with van der Waals surface area (Å²) in [5.74, 6) is -0.197. The number of sulfonamides is 1. The number of carbonyl (C=O) groups excluding carboxylic acids is 1. The van der Waals surface area contributed by atoms with Gasteiger partial charge in [0, 0.05) is 38.1 Å². The van der Waals surface area contributed by atoms with Crippen LogP contribution >= 0.6 is 0 Å². The zero-order valence-electron chi connectivity index (χ0n) is 14.5. The second-order valence-corrected chi connectivity index (χ2v) is 7.76. The molecule has 0 radical (unpaired) electrons. The van der Waals surface area contributed by atoms with Crippen LogP contribution in [0.1, 0.15) is 29.3 Å². The van der Waals surface area contributed by atoms with Crippen molar-refractivity contribution in [2.24, 2.45) is 0 Å². The summed E-state index contributed by atoms with van der Waals surface area (Å²) in [5, 5.41) is 2.76. The predicted octanol–water partition coefficient (Wildman–Crippen LogP) is 2.08. The van der Waals surface area contributed by atoms with Gasteiger partial charge in [0.1, 0.15) is 0 Å². The van der Waals surface area contributed by atoms with Gasteiger partial charge in [-0.3, -0.25) is 9.78 Å². The molecule has 1 amide bonds. The largest absolute Gasteiger partial charge is 0.352 e.